The topological polar surface area (TPSA) is 92.1 Å². The molecule has 1 N–H and O–H groups in total. The molecule has 7 heteroatoms. The third-order valence-electron chi connectivity index (χ3n) is 2.52. The van der Waals surface area contributed by atoms with E-state index in [0.29, 0.717) is 11.4 Å². The van der Waals surface area contributed by atoms with E-state index < -0.39 is 10.0 Å². The quantitative estimate of drug-likeness (QED) is 0.926. The van der Waals surface area contributed by atoms with Crippen LogP contribution in [-0.2, 0) is 10.0 Å². The Morgan fingerprint density at radius 1 is 1.35 bits per heavy atom. The molecular formula is C13H11N3O3S. The average molecular weight is 289 g/mol. The van der Waals surface area contributed by atoms with Crippen molar-refractivity contribution in [2.24, 2.45) is 0 Å². The number of benzene rings is 1. The van der Waals surface area contributed by atoms with Crippen LogP contribution in [0.3, 0.4) is 0 Å². The lowest BCUT2D eigenvalue weighted by molar-refractivity contribution is 0.413. The molecule has 0 aliphatic carbocycles. The standard InChI is InChI=1S/C13H11N3O3S/c1-19-13-5-4-12(7-10(13)8-14)20(17,18)16-11-3-2-6-15-9-11/h2-7,9,16H,1H3. The Hall–Kier alpha value is -2.59. The van der Waals surface area contributed by atoms with Crippen molar-refractivity contribution < 1.29 is 13.2 Å². The van der Waals surface area contributed by atoms with Gasteiger partial charge in [-0.1, -0.05) is 0 Å². The molecule has 6 nitrogen and oxygen atoms in total. The molecule has 102 valence electrons. The van der Waals surface area contributed by atoms with Gasteiger partial charge in [0.1, 0.15) is 11.8 Å². The summed E-state index contributed by atoms with van der Waals surface area (Å²) in [4.78, 5) is 3.81. The molecule has 0 spiro atoms. The first kappa shape index (κ1) is 13.8. The molecule has 0 radical (unpaired) electrons. The Morgan fingerprint density at radius 3 is 2.75 bits per heavy atom. The number of hydrogen-bond donors (Lipinski definition) is 1. The highest BCUT2D eigenvalue weighted by atomic mass is 32.2. The van der Waals surface area contributed by atoms with Crippen LogP contribution in [0.5, 0.6) is 5.75 Å². The smallest absolute Gasteiger partial charge is 0.261 e. The lowest BCUT2D eigenvalue weighted by Crippen LogP contribution is -2.13. The maximum atomic E-state index is 12.2. The highest BCUT2D eigenvalue weighted by Gasteiger charge is 2.16. The number of anilines is 1. The minimum atomic E-state index is -3.77. The molecule has 20 heavy (non-hydrogen) atoms. The fraction of sp³-hybridized carbons (Fsp3) is 0.0769. The second kappa shape index (κ2) is 5.59. The first-order valence-electron chi connectivity index (χ1n) is 5.58. The van der Waals surface area contributed by atoms with Gasteiger partial charge in [0.05, 0.1) is 29.5 Å². The molecule has 0 aliphatic heterocycles. The monoisotopic (exact) mass is 289 g/mol. The van der Waals surface area contributed by atoms with E-state index in [4.69, 9.17) is 10.00 Å². The first-order chi connectivity index (χ1) is 9.56. The molecule has 0 saturated carbocycles. The molecule has 0 saturated heterocycles. The third kappa shape index (κ3) is 2.87. The molecule has 0 bridgehead atoms. The van der Waals surface area contributed by atoms with Gasteiger partial charge in [-0.05, 0) is 30.3 Å². The van der Waals surface area contributed by atoms with Gasteiger partial charge in [-0.2, -0.15) is 5.26 Å². The van der Waals surface area contributed by atoms with E-state index in [-0.39, 0.29) is 10.5 Å². The maximum Gasteiger partial charge on any atom is 0.261 e. The van der Waals surface area contributed by atoms with E-state index in [1.165, 1.54) is 31.5 Å². The molecule has 0 unspecified atom stereocenters. The molecule has 2 rings (SSSR count). The van der Waals surface area contributed by atoms with Crippen LogP contribution in [0, 0.1) is 11.3 Å². The third-order valence-corrected chi connectivity index (χ3v) is 3.89. The van der Waals surface area contributed by atoms with Crippen LogP contribution in [0.1, 0.15) is 5.56 Å². The number of hydrogen-bond acceptors (Lipinski definition) is 5. The molecule has 0 aliphatic rings. The highest BCUT2D eigenvalue weighted by Crippen LogP contribution is 2.23. The lowest BCUT2D eigenvalue weighted by atomic mass is 10.2. The van der Waals surface area contributed by atoms with Gasteiger partial charge in [0, 0.05) is 6.20 Å². The SMILES string of the molecule is COc1ccc(S(=O)(=O)Nc2cccnc2)cc1C#N. The van der Waals surface area contributed by atoms with Crippen molar-refractivity contribution in [3.63, 3.8) is 0 Å². The Labute approximate surface area is 116 Å². The summed E-state index contributed by atoms with van der Waals surface area (Å²) in [5, 5.41) is 8.97. The van der Waals surface area contributed by atoms with Gasteiger partial charge in [0.2, 0.25) is 0 Å². The molecule has 0 fully saturated rings. The highest BCUT2D eigenvalue weighted by molar-refractivity contribution is 7.92. The summed E-state index contributed by atoms with van der Waals surface area (Å²) in [7, 11) is -2.35. The zero-order valence-corrected chi connectivity index (χ0v) is 11.4. The number of methoxy groups -OCH3 is 1. The molecule has 1 aromatic carbocycles. The van der Waals surface area contributed by atoms with Gasteiger partial charge in [-0.15, -0.1) is 0 Å². The Bertz CT molecular complexity index is 752. The van der Waals surface area contributed by atoms with E-state index in [9.17, 15) is 8.42 Å². The first-order valence-corrected chi connectivity index (χ1v) is 7.06. The minimum absolute atomic E-state index is 0.0151. The Kier molecular flexibility index (Phi) is 3.86. The van der Waals surface area contributed by atoms with Crippen LogP contribution >= 0.6 is 0 Å². The average Bonchev–Trinajstić information content (AvgIpc) is 2.47. The summed E-state index contributed by atoms with van der Waals surface area (Å²) < 4.78 is 31.7. The molecular weight excluding hydrogens is 278 g/mol. The van der Waals surface area contributed by atoms with Crippen molar-refractivity contribution in [2.75, 3.05) is 11.8 Å². The van der Waals surface area contributed by atoms with E-state index in [1.807, 2.05) is 6.07 Å². The predicted octanol–water partition coefficient (Wildman–Crippen LogP) is 1.76. The largest absolute Gasteiger partial charge is 0.495 e. The normalized spacial score (nSPS) is 10.6. The summed E-state index contributed by atoms with van der Waals surface area (Å²) in [6, 6.07) is 9.17. The second-order valence-electron chi connectivity index (χ2n) is 3.82. The van der Waals surface area contributed by atoms with Crippen molar-refractivity contribution in [2.45, 2.75) is 4.90 Å². The number of nitriles is 1. The number of ether oxygens (including phenoxy) is 1. The van der Waals surface area contributed by atoms with Crippen LogP contribution in [-0.4, -0.2) is 20.5 Å². The number of nitrogens with zero attached hydrogens (tertiary/aromatic N) is 2. The van der Waals surface area contributed by atoms with E-state index in [2.05, 4.69) is 9.71 Å². The summed E-state index contributed by atoms with van der Waals surface area (Å²) in [5.74, 6) is 0.327. The van der Waals surface area contributed by atoms with Gasteiger partial charge < -0.3 is 4.74 Å². The summed E-state index contributed by atoms with van der Waals surface area (Å²) >= 11 is 0. The molecule has 1 heterocycles. The zero-order valence-electron chi connectivity index (χ0n) is 10.6. The van der Waals surface area contributed by atoms with Crippen LogP contribution in [0.15, 0.2) is 47.6 Å². The Morgan fingerprint density at radius 2 is 2.15 bits per heavy atom. The second-order valence-corrected chi connectivity index (χ2v) is 5.50. The van der Waals surface area contributed by atoms with Gasteiger partial charge in [0.25, 0.3) is 10.0 Å². The number of aromatic nitrogens is 1. The fourth-order valence-corrected chi connectivity index (χ4v) is 2.65. The van der Waals surface area contributed by atoms with Crippen molar-refractivity contribution in [1.29, 1.82) is 5.26 Å². The van der Waals surface area contributed by atoms with Crippen molar-refractivity contribution in [3.8, 4) is 11.8 Å². The van der Waals surface area contributed by atoms with Gasteiger partial charge in [0.15, 0.2) is 0 Å². The molecule has 0 amide bonds. The van der Waals surface area contributed by atoms with Gasteiger partial charge in [-0.3, -0.25) is 9.71 Å². The van der Waals surface area contributed by atoms with Crippen LogP contribution in [0.4, 0.5) is 5.69 Å². The van der Waals surface area contributed by atoms with E-state index in [1.54, 1.807) is 18.3 Å². The lowest BCUT2D eigenvalue weighted by Gasteiger charge is -2.09. The van der Waals surface area contributed by atoms with E-state index in [0.717, 1.165) is 0 Å². The van der Waals surface area contributed by atoms with E-state index >= 15 is 0 Å². The maximum absolute atomic E-state index is 12.2. The number of pyridine rings is 1. The van der Waals surface area contributed by atoms with Crippen LogP contribution < -0.4 is 9.46 Å². The minimum Gasteiger partial charge on any atom is -0.495 e. The fourth-order valence-electron chi connectivity index (χ4n) is 1.58. The van der Waals surface area contributed by atoms with Crippen molar-refractivity contribution in [3.05, 3.63) is 48.3 Å². The van der Waals surface area contributed by atoms with Crippen molar-refractivity contribution >= 4 is 15.7 Å². The predicted molar refractivity (Wildman–Crippen MR) is 72.8 cm³/mol. The number of rotatable bonds is 4. The zero-order chi connectivity index (χ0) is 14.6. The molecule has 1 aromatic heterocycles. The molecule has 0 atom stereocenters. The van der Waals surface area contributed by atoms with Crippen LogP contribution in [0.2, 0.25) is 0 Å². The summed E-state index contributed by atoms with van der Waals surface area (Å²) in [5.41, 5.74) is 0.503. The van der Waals surface area contributed by atoms with Crippen molar-refractivity contribution in [1.82, 2.24) is 4.98 Å². The summed E-state index contributed by atoms with van der Waals surface area (Å²) in [6.07, 6.45) is 2.94. The molecule has 2 aromatic rings. The summed E-state index contributed by atoms with van der Waals surface area (Å²) in [6.45, 7) is 0. The Balaban J connectivity index is 2.38. The number of sulfonamides is 1. The number of nitrogens with one attached hydrogen (secondary N) is 1. The van der Waals surface area contributed by atoms with Gasteiger partial charge >= 0.3 is 0 Å². The van der Waals surface area contributed by atoms with Gasteiger partial charge in [-0.25, -0.2) is 8.42 Å². The van der Waals surface area contributed by atoms with Crippen LogP contribution in [0.25, 0.3) is 0 Å².